The van der Waals surface area contributed by atoms with Crippen LogP contribution in [0.1, 0.15) is 53.9 Å². The van der Waals surface area contributed by atoms with E-state index >= 15 is 0 Å². The zero-order valence-corrected chi connectivity index (χ0v) is 15.2. The van der Waals surface area contributed by atoms with E-state index in [0.717, 1.165) is 12.3 Å². The van der Waals surface area contributed by atoms with E-state index in [9.17, 15) is 9.59 Å². The summed E-state index contributed by atoms with van der Waals surface area (Å²) in [5.41, 5.74) is 0.308. The molecular weight excluding hydrogens is 286 g/mol. The van der Waals surface area contributed by atoms with Gasteiger partial charge in [0.05, 0.1) is 11.8 Å². The lowest BCUT2D eigenvalue weighted by Crippen LogP contribution is -2.39. The van der Waals surface area contributed by atoms with Crippen LogP contribution in [0.25, 0.3) is 0 Å². The Morgan fingerprint density at radius 1 is 0.957 bits per heavy atom. The Morgan fingerprint density at radius 3 is 2.00 bits per heavy atom. The van der Waals surface area contributed by atoms with Crippen molar-refractivity contribution in [3.8, 4) is 0 Å². The first-order valence-electron chi connectivity index (χ1n) is 9.66. The highest BCUT2D eigenvalue weighted by Crippen LogP contribution is 2.70. The second kappa shape index (κ2) is 4.83. The number of carbonyl (C=O) groups excluding carboxylic acids is 2. The second-order valence-electron chi connectivity index (χ2n) is 9.57. The molecule has 4 rings (SSSR count). The Hall–Kier alpha value is -0.860. The van der Waals surface area contributed by atoms with Crippen LogP contribution in [0.5, 0.6) is 0 Å². The molecule has 4 aliphatic rings. The molecule has 1 heterocycles. The van der Waals surface area contributed by atoms with Crippen LogP contribution in [-0.4, -0.2) is 23.3 Å². The third kappa shape index (κ3) is 1.83. The zero-order chi connectivity index (χ0) is 16.7. The fraction of sp³-hybridized carbons (Fsp3) is 0.900. The maximum absolute atomic E-state index is 12.8. The molecule has 3 saturated carbocycles. The molecule has 3 nitrogen and oxygen atoms in total. The smallest absolute Gasteiger partial charge is 0.233 e. The molecule has 8 unspecified atom stereocenters. The van der Waals surface area contributed by atoms with Crippen molar-refractivity contribution < 1.29 is 9.59 Å². The Kier molecular flexibility index (Phi) is 3.29. The molecule has 2 amide bonds. The summed E-state index contributed by atoms with van der Waals surface area (Å²) in [5, 5.41) is 0. The molecule has 8 atom stereocenters. The third-order valence-corrected chi connectivity index (χ3v) is 7.91. The van der Waals surface area contributed by atoms with E-state index in [4.69, 9.17) is 0 Å². The van der Waals surface area contributed by atoms with Gasteiger partial charge < -0.3 is 0 Å². The maximum atomic E-state index is 12.8. The summed E-state index contributed by atoms with van der Waals surface area (Å²) in [6.45, 7) is 11.9. The zero-order valence-electron chi connectivity index (χ0n) is 15.2. The first-order chi connectivity index (χ1) is 10.8. The largest absolute Gasteiger partial charge is 0.282 e. The van der Waals surface area contributed by atoms with E-state index < -0.39 is 0 Å². The van der Waals surface area contributed by atoms with E-state index in [-0.39, 0.29) is 23.7 Å². The summed E-state index contributed by atoms with van der Waals surface area (Å²) >= 11 is 0. The molecule has 0 aromatic heterocycles. The van der Waals surface area contributed by atoms with Crippen LogP contribution in [-0.2, 0) is 9.59 Å². The van der Waals surface area contributed by atoms with Crippen LogP contribution in [0.4, 0.5) is 0 Å². The quantitative estimate of drug-likeness (QED) is 0.730. The highest BCUT2D eigenvalue weighted by molar-refractivity contribution is 6.06. The lowest BCUT2D eigenvalue weighted by Gasteiger charge is -2.40. The monoisotopic (exact) mass is 317 g/mol. The number of carbonyl (C=O) groups is 2. The van der Waals surface area contributed by atoms with Crippen molar-refractivity contribution in [2.45, 2.75) is 53.9 Å². The van der Waals surface area contributed by atoms with Gasteiger partial charge in [0.25, 0.3) is 0 Å². The van der Waals surface area contributed by atoms with E-state index in [1.807, 2.05) is 6.92 Å². The highest BCUT2D eigenvalue weighted by Gasteiger charge is 2.70. The molecule has 1 aliphatic heterocycles. The maximum Gasteiger partial charge on any atom is 0.233 e. The fourth-order valence-corrected chi connectivity index (χ4v) is 7.20. The van der Waals surface area contributed by atoms with Gasteiger partial charge in [-0.3, -0.25) is 14.5 Å². The molecule has 3 heteroatoms. The Bertz CT molecular complexity index is 548. The first-order valence-corrected chi connectivity index (χ1v) is 9.66. The third-order valence-electron chi connectivity index (χ3n) is 7.91. The van der Waals surface area contributed by atoms with E-state index in [2.05, 4.69) is 27.7 Å². The summed E-state index contributed by atoms with van der Waals surface area (Å²) in [6, 6.07) is 0. The van der Waals surface area contributed by atoms with Crippen molar-refractivity contribution in [3.63, 3.8) is 0 Å². The molecule has 128 valence electrons. The normalized spacial score (nSPS) is 48.3. The van der Waals surface area contributed by atoms with Gasteiger partial charge >= 0.3 is 0 Å². The number of likely N-dealkylation sites (tertiary alicyclic amines) is 1. The van der Waals surface area contributed by atoms with E-state index in [1.165, 1.54) is 12.8 Å². The summed E-state index contributed by atoms with van der Waals surface area (Å²) in [4.78, 5) is 27.2. The number of fused-ring (bicyclic) bond motifs is 8. The second-order valence-corrected chi connectivity index (χ2v) is 9.57. The number of rotatable bonds is 2. The lowest BCUT2D eigenvalue weighted by molar-refractivity contribution is -0.140. The summed E-state index contributed by atoms with van der Waals surface area (Å²) < 4.78 is 0. The molecule has 0 N–H and O–H groups in total. The van der Waals surface area contributed by atoms with Crippen LogP contribution in [0.3, 0.4) is 0 Å². The minimum Gasteiger partial charge on any atom is -0.282 e. The average molecular weight is 317 g/mol. The van der Waals surface area contributed by atoms with E-state index in [1.54, 1.807) is 4.90 Å². The summed E-state index contributed by atoms with van der Waals surface area (Å²) in [5.74, 6) is 4.18. The molecule has 2 bridgehead atoms. The highest BCUT2D eigenvalue weighted by atomic mass is 16.2. The van der Waals surface area contributed by atoms with Crippen LogP contribution in [0, 0.1) is 52.8 Å². The molecule has 0 radical (unpaired) electrons. The Morgan fingerprint density at radius 2 is 1.52 bits per heavy atom. The average Bonchev–Trinajstić information content (AvgIpc) is 3.17. The molecule has 0 spiro atoms. The van der Waals surface area contributed by atoms with Gasteiger partial charge in [-0.15, -0.1) is 0 Å². The van der Waals surface area contributed by atoms with Gasteiger partial charge in [0, 0.05) is 6.54 Å². The number of hydrogen-bond acceptors (Lipinski definition) is 2. The predicted octanol–water partition coefficient (Wildman–Crippen LogP) is 3.58. The standard InChI is InChI=1S/C20H31NO2/c1-6-10-8-13(20(3,4)5)15-12-9-11(14(10)15)16-17(12)19(23)21(7-2)18(16)22/h10-17H,6-9H2,1-5H3. The SMILES string of the molecule is CCC1CC(C(C)(C)C)C2C3CC(C4C(=O)N(CC)C(=O)C34)C12. The Labute approximate surface area is 140 Å². The molecule has 1 saturated heterocycles. The molecular formula is C20H31NO2. The van der Waals surface area contributed by atoms with Crippen LogP contribution in [0.2, 0.25) is 0 Å². The van der Waals surface area contributed by atoms with Gasteiger partial charge in [-0.05, 0) is 60.7 Å². The topological polar surface area (TPSA) is 37.4 Å². The van der Waals surface area contributed by atoms with Crippen molar-refractivity contribution in [2.75, 3.05) is 6.54 Å². The number of amides is 2. The van der Waals surface area contributed by atoms with Gasteiger partial charge in [-0.25, -0.2) is 0 Å². The first kappa shape index (κ1) is 15.7. The van der Waals surface area contributed by atoms with Crippen molar-refractivity contribution in [1.29, 1.82) is 0 Å². The van der Waals surface area contributed by atoms with Crippen LogP contribution < -0.4 is 0 Å². The van der Waals surface area contributed by atoms with Gasteiger partial charge in [-0.2, -0.15) is 0 Å². The molecule has 0 aromatic rings. The van der Waals surface area contributed by atoms with Crippen molar-refractivity contribution in [3.05, 3.63) is 0 Å². The molecule has 4 fully saturated rings. The van der Waals surface area contributed by atoms with Crippen LogP contribution in [0.15, 0.2) is 0 Å². The van der Waals surface area contributed by atoms with Gasteiger partial charge in [-0.1, -0.05) is 34.1 Å². The molecule has 0 aromatic carbocycles. The minimum absolute atomic E-state index is 0.0224. The van der Waals surface area contributed by atoms with E-state index in [0.29, 0.717) is 41.5 Å². The Balaban J connectivity index is 1.73. The van der Waals surface area contributed by atoms with Crippen LogP contribution >= 0.6 is 0 Å². The molecule has 23 heavy (non-hydrogen) atoms. The summed E-state index contributed by atoms with van der Waals surface area (Å²) in [6.07, 6.45) is 3.68. The number of imide groups is 1. The van der Waals surface area contributed by atoms with Gasteiger partial charge in [0.1, 0.15) is 0 Å². The minimum atomic E-state index is 0.0224. The van der Waals surface area contributed by atoms with Crippen molar-refractivity contribution in [1.82, 2.24) is 4.90 Å². The van der Waals surface area contributed by atoms with Crippen molar-refractivity contribution in [2.24, 2.45) is 52.8 Å². The fourth-order valence-electron chi connectivity index (χ4n) is 7.20. The predicted molar refractivity (Wildman–Crippen MR) is 89.3 cm³/mol. The van der Waals surface area contributed by atoms with Crippen molar-refractivity contribution >= 4 is 11.8 Å². The summed E-state index contributed by atoms with van der Waals surface area (Å²) in [7, 11) is 0. The van der Waals surface area contributed by atoms with Gasteiger partial charge in [0.2, 0.25) is 11.8 Å². The number of hydrogen-bond donors (Lipinski definition) is 0. The lowest BCUT2D eigenvalue weighted by atomic mass is 9.63. The van der Waals surface area contributed by atoms with Gasteiger partial charge in [0.15, 0.2) is 0 Å². The number of nitrogens with zero attached hydrogens (tertiary/aromatic N) is 1. The molecule has 3 aliphatic carbocycles.